The SMILES string of the molecule is CCC(C(C)C)n1c(C)cc2c1CCCC2N. The minimum absolute atomic E-state index is 0.267. The van der Waals surface area contributed by atoms with Crippen molar-refractivity contribution in [3.8, 4) is 0 Å². The van der Waals surface area contributed by atoms with E-state index in [2.05, 4.69) is 38.3 Å². The Kier molecular flexibility index (Phi) is 3.62. The lowest BCUT2D eigenvalue weighted by atomic mass is 9.92. The molecular formula is C15H26N2. The van der Waals surface area contributed by atoms with E-state index in [4.69, 9.17) is 5.73 Å². The number of aromatic nitrogens is 1. The van der Waals surface area contributed by atoms with Crippen molar-refractivity contribution < 1.29 is 0 Å². The largest absolute Gasteiger partial charge is 0.345 e. The fourth-order valence-corrected chi connectivity index (χ4v) is 3.37. The molecule has 0 aromatic carbocycles. The van der Waals surface area contributed by atoms with Gasteiger partial charge in [-0.05, 0) is 50.2 Å². The average Bonchev–Trinajstić information content (AvgIpc) is 2.59. The summed E-state index contributed by atoms with van der Waals surface area (Å²) in [5.74, 6) is 0.688. The standard InChI is InChI=1S/C15H26N2/c1-5-14(10(2)3)17-11(4)9-12-13(16)7-6-8-15(12)17/h9-10,13-14H,5-8,16H2,1-4H3. The Labute approximate surface area is 105 Å². The number of hydrogen-bond donors (Lipinski definition) is 1. The minimum Gasteiger partial charge on any atom is -0.345 e. The molecule has 1 heterocycles. The summed E-state index contributed by atoms with van der Waals surface area (Å²) in [7, 11) is 0. The molecule has 0 aliphatic heterocycles. The molecule has 0 bridgehead atoms. The molecule has 1 aromatic rings. The number of fused-ring (bicyclic) bond motifs is 1. The quantitative estimate of drug-likeness (QED) is 0.848. The molecule has 1 aliphatic rings. The van der Waals surface area contributed by atoms with Crippen molar-refractivity contribution in [2.75, 3.05) is 0 Å². The van der Waals surface area contributed by atoms with Crippen LogP contribution in [0.15, 0.2) is 6.07 Å². The highest BCUT2D eigenvalue weighted by atomic mass is 15.0. The van der Waals surface area contributed by atoms with Crippen LogP contribution in [0.2, 0.25) is 0 Å². The molecular weight excluding hydrogens is 208 g/mol. The fraction of sp³-hybridized carbons (Fsp3) is 0.733. The lowest BCUT2D eigenvalue weighted by Crippen LogP contribution is -2.22. The van der Waals surface area contributed by atoms with Crippen LogP contribution in [0.5, 0.6) is 0 Å². The van der Waals surface area contributed by atoms with E-state index in [9.17, 15) is 0 Å². The molecule has 17 heavy (non-hydrogen) atoms. The molecule has 1 aliphatic carbocycles. The molecule has 0 saturated carbocycles. The molecule has 2 N–H and O–H groups in total. The fourth-order valence-electron chi connectivity index (χ4n) is 3.37. The van der Waals surface area contributed by atoms with Gasteiger partial charge < -0.3 is 10.3 Å². The summed E-state index contributed by atoms with van der Waals surface area (Å²) in [5, 5.41) is 0. The van der Waals surface area contributed by atoms with Gasteiger partial charge in [0.1, 0.15) is 0 Å². The Morgan fingerprint density at radius 1 is 1.47 bits per heavy atom. The van der Waals surface area contributed by atoms with Crippen LogP contribution in [-0.4, -0.2) is 4.57 Å². The van der Waals surface area contributed by atoms with E-state index in [-0.39, 0.29) is 6.04 Å². The van der Waals surface area contributed by atoms with E-state index in [0.29, 0.717) is 12.0 Å². The van der Waals surface area contributed by atoms with Gasteiger partial charge in [-0.15, -0.1) is 0 Å². The highest BCUT2D eigenvalue weighted by Crippen LogP contribution is 2.35. The molecule has 0 saturated heterocycles. The second-order valence-electron chi connectivity index (χ2n) is 5.78. The highest BCUT2D eigenvalue weighted by Gasteiger charge is 2.26. The van der Waals surface area contributed by atoms with Crippen LogP contribution < -0.4 is 5.73 Å². The van der Waals surface area contributed by atoms with Gasteiger partial charge in [0, 0.05) is 23.5 Å². The third-order valence-electron chi connectivity index (χ3n) is 4.22. The zero-order chi connectivity index (χ0) is 12.6. The van der Waals surface area contributed by atoms with Crippen molar-refractivity contribution in [3.63, 3.8) is 0 Å². The van der Waals surface area contributed by atoms with Gasteiger partial charge in [0.05, 0.1) is 0 Å². The van der Waals surface area contributed by atoms with Gasteiger partial charge in [-0.1, -0.05) is 20.8 Å². The Morgan fingerprint density at radius 2 is 2.18 bits per heavy atom. The molecule has 0 radical (unpaired) electrons. The molecule has 2 unspecified atom stereocenters. The van der Waals surface area contributed by atoms with Crippen LogP contribution in [-0.2, 0) is 6.42 Å². The Balaban J connectivity index is 2.47. The zero-order valence-electron chi connectivity index (χ0n) is 11.7. The van der Waals surface area contributed by atoms with E-state index in [1.54, 1.807) is 0 Å². The Morgan fingerprint density at radius 3 is 2.76 bits per heavy atom. The molecule has 0 fully saturated rings. The smallest absolute Gasteiger partial charge is 0.0356 e. The van der Waals surface area contributed by atoms with E-state index >= 15 is 0 Å². The summed E-state index contributed by atoms with van der Waals surface area (Å²) in [6.07, 6.45) is 4.80. The predicted octanol–water partition coefficient (Wildman–Crippen LogP) is 3.74. The van der Waals surface area contributed by atoms with Crippen molar-refractivity contribution in [3.05, 3.63) is 23.0 Å². The highest BCUT2D eigenvalue weighted by molar-refractivity contribution is 5.33. The number of nitrogens with two attached hydrogens (primary N) is 1. The van der Waals surface area contributed by atoms with Crippen molar-refractivity contribution in [2.24, 2.45) is 11.7 Å². The Hall–Kier alpha value is -0.760. The van der Waals surface area contributed by atoms with Crippen molar-refractivity contribution in [1.82, 2.24) is 4.57 Å². The Bertz CT molecular complexity index is 390. The summed E-state index contributed by atoms with van der Waals surface area (Å²) in [6, 6.07) is 3.22. The summed E-state index contributed by atoms with van der Waals surface area (Å²) in [5.41, 5.74) is 10.6. The van der Waals surface area contributed by atoms with Crippen LogP contribution in [0.3, 0.4) is 0 Å². The van der Waals surface area contributed by atoms with Crippen LogP contribution in [0.1, 0.15) is 69.1 Å². The van der Waals surface area contributed by atoms with E-state index in [1.165, 1.54) is 36.2 Å². The maximum atomic E-state index is 6.23. The van der Waals surface area contributed by atoms with Gasteiger partial charge in [0.25, 0.3) is 0 Å². The topological polar surface area (TPSA) is 30.9 Å². The molecule has 96 valence electrons. The van der Waals surface area contributed by atoms with Gasteiger partial charge in [0.15, 0.2) is 0 Å². The minimum atomic E-state index is 0.267. The molecule has 0 amide bonds. The van der Waals surface area contributed by atoms with Crippen molar-refractivity contribution in [1.29, 1.82) is 0 Å². The van der Waals surface area contributed by atoms with E-state index in [1.807, 2.05) is 0 Å². The van der Waals surface area contributed by atoms with Gasteiger partial charge >= 0.3 is 0 Å². The van der Waals surface area contributed by atoms with Crippen molar-refractivity contribution in [2.45, 2.75) is 65.5 Å². The molecule has 2 nitrogen and oxygen atoms in total. The maximum Gasteiger partial charge on any atom is 0.0356 e. The lowest BCUT2D eigenvalue weighted by Gasteiger charge is -2.28. The third-order valence-corrected chi connectivity index (χ3v) is 4.22. The summed E-state index contributed by atoms with van der Waals surface area (Å²) in [6.45, 7) is 9.17. The molecule has 2 heteroatoms. The van der Waals surface area contributed by atoms with Gasteiger partial charge in [-0.2, -0.15) is 0 Å². The molecule has 2 atom stereocenters. The number of aryl methyl sites for hydroxylation is 1. The second-order valence-corrected chi connectivity index (χ2v) is 5.78. The van der Waals surface area contributed by atoms with Crippen LogP contribution in [0.25, 0.3) is 0 Å². The predicted molar refractivity (Wildman–Crippen MR) is 73.2 cm³/mol. The monoisotopic (exact) mass is 234 g/mol. The number of hydrogen-bond acceptors (Lipinski definition) is 1. The van der Waals surface area contributed by atoms with Gasteiger partial charge in [0.2, 0.25) is 0 Å². The summed E-state index contributed by atoms with van der Waals surface area (Å²) < 4.78 is 2.57. The first-order chi connectivity index (χ1) is 8.06. The average molecular weight is 234 g/mol. The van der Waals surface area contributed by atoms with Crippen LogP contribution in [0, 0.1) is 12.8 Å². The number of nitrogens with zero attached hydrogens (tertiary/aromatic N) is 1. The van der Waals surface area contributed by atoms with Gasteiger partial charge in [-0.25, -0.2) is 0 Å². The van der Waals surface area contributed by atoms with Crippen LogP contribution in [0.4, 0.5) is 0 Å². The molecule has 1 aromatic heterocycles. The maximum absolute atomic E-state index is 6.23. The molecule has 0 spiro atoms. The zero-order valence-corrected chi connectivity index (χ0v) is 11.7. The number of rotatable bonds is 3. The van der Waals surface area contributed by atoms with Gasteiger partial charge in [-0.3, -0.25) is 0 Å². The second kappa shape index (κ2) is 4.85. The first-order valence-electron chi connectivity index (χ1n) is 7.02. The molecule has 2 rings (SSSR count). The third kappa shape index (κ3) is 2.15. The summed E-state index contributed by atoms with van der Waals surface area (Å²) in [4.78, 5) is 0. The first kappa shape index (κ1) is 12.7. The van der Waals surface area contributed by atoms with E-state index < -0.39 is 0 Å². The van der Waals surface area contributed by atoms with Crippen LogP contribution >= 0.6 is 0 Å². The first-order valence-corrected chi connectivity index (χ1v) is 7.02. The summed E-state index contributed by atoms with van der Waals surface area (Å²) >= 11 is 0. The van der Waals surface area contributed by atoms with E-state index in [0.717, 1.165) is 6.42 Å². The normalized spacial score (nSPS) is 21.6. The lowest BCUT2D eigenvalue weighted by molar-refractivity contribution is 0.348. The van der Waals surface area contributed by atoms with Crippen molar-refractivity contribution >= 4 is 0 Å².